The monoisotopic (exact) mass is 435 g/mol. The van der Waals surface area contributed by atoms with Crippen molar-refractivity contribution >= 4 is 29.2 Å². The number of fused-ring (bicyclic) bond motifs is 1. The van der Waals surface area contributed by atoms with Crippen molar-refractivity contribution in [2.24, 2.45) is 5.92 Å². The number of benzene rings is 1. The van der Waals surface area contributed by atoms with Crippen LogP contribution in [0.2, 0.25) is 0 Å². The Morgan fingerprint density at radius 3 is 2.47 bits per heavy atom. The van der Waals surface area contributed by atoms with Crippen LogP contribution in [0.25, 0.3) is 0 Å². The second kappa shape index (κ2) is 9.08. The third kappa shape index (κ3) is 5.31. The van der Waals surface area contributed by atoms with Gasteiger partial charge < -0.3 is 16.0 Å². The summed E-state index contributed by atoms with van der Waals surface area (Å²) in [5, 5.41) is 8.03. The molecular formula is C24H29N5O3. The van der Waals surface area contributed by atoms with E-state index in [-0.39, 0.29) is 17.4 Å². The standard InChI is InChI=1S/C24H29N5O3/c1-24(2,29-12-11-16-5-3-4-6-18(16)14-29)15-26-22(31)23(32)27-19-9-10-20(25-13-19)28-21(30)17-7-8-17/h3-6,9-10,13,17H,7-8,11-12,14-15H2,1-2H3,(H,26,31)(H,27,32)(H,25,28,30). The Morgan fingerprint density at radius 2 is 1.78 bits per heavy atom. The molecule has 0 bridgehead atoms. The first-order valence-corrected chi connectivity index (χ1v) is 11.0. The number of nitrogens with zero attached hydrogens (tertiary/aromatic N) is 2. The predicted molar refractivity (Wildman–Crippen MR) is 122 cm³/mol. The molecule has 1 fully saturated rings. The van der Waals surface area contributed by atoms with Gasteiger partial charge in [-0.05, 0) is 56.4 Å². The van der Waals surface area contributed by atoms with Crippen LogP contribution in [0, 0.1) is 5.92 Å². The molecule has 0 atom stereocenters. The molecule has 0 spiro atoms. The van der Waals surface area contributed by atoms with Crippen molar-refractivity contribution in [1.29, 1.82) is 0 Å². The van der Waals surface area contributed by atoms with Gasteiger partial charge in [-0.2, -0.15) is 0 Å². The molecule has 3 N–H and O–H groups in total. The molecule has 2 aromatic rings. The van der Waals surface area contributed by atoms with E-state index >= 15 is 0 Å². The molecule has 8 nitrogen and oxygen atoms in total. The molecule has 0 saturated heterocycles. The highest BCUT2D eigenvalue weighted by Gasteiger charge is 2.31. The second-order valence-electron chi connectivity index (χ2n) is 9.09. The van der Waals surface area contributed by atoms with E-state index < -0.39 is 11.8 Å². The molecule has 1 aliphatic carbocycles. The largest absolute Gasteiger partial charge is 0.346 e. The molecule has 8 heteroatoms. The maximum atomic E-state index is 12.4. The molecule has 1 aromatic heterocycles. The van der Waals surface area contributed by atoms with Crippen molar-refractivity contribution in [2.75, 3.05) is 23.7 Å². The lowest BCUT2D eigenvalue weighted by atomic mass is 9.94. The van der Waals surface area contributed by atoms with Crippen LogP contribution >= 0.6 is 0 Å². The Labute approximate surface area is 187 Å². The van der Waals surface area contributed by atoms with Crippen LogP contribution in [0.15, 0.2) is 42.6 Å². The van der Waals surface area contributed by atoms with Gasteiger partial charge in [0.05, 0.1) is 11.9 Å². The van der Waals surface area contributed by atoms with E-state index in [0.717, 1.165) is 32.4 Å². The fourth-order valence-corrected chi connectivity index (χ4v) is 3.80. The molecule has 1 aromatic carbocycles. The summed E-state index contributed by atoms with van der Waals surface area (Å²) >= 11 is 0. The SMILES string of the molecule is CC(C)(CNC(=O)C(=O)Nc1ccc(NC(=O)C2CC2)nc1)N1CCc2ccccc2C1. The summed E-state index contributed by atoms with van der Waals surface area (Å²) in [7, 11) is 0. The number of hydrogen-bond donors (Lipinski definition) is 3. The Bertz CT molecular complexity index is 1010. The maximum absolute atomic E-state index is 12.4. The average molecular weight is 436 g/mol. The van der Waals surface area contributed by atoms with E-state index in [0.29, 0.717) is 18.1 Å². The quantitative estimate of drug-likeness (QED) is 0.604. The Morgan fingerprint density at radius 1 is 1.03 bits per heavy atom. The molecule has 4 rings (SSSR count). The number of hydrogen-bond acceptors (Lipinski definition) is 5. The number of nitrogens with one attached hydrogen (secondary N) is 3. The van der Waals surface area contributed by atoms with E-state index in [2.05, 4.69) is 57.9 Å². The van der Waals surface area contributed by atoms with Crippen LogP contribution in [-0.2, 0) is 27.3 Å². The van der Waals surface area contributed by atoms with Crippen molar-refractivity contribution in [1.82, 2.24) is 15.2 Å². The summed E-state index contributed by atoms with van der Waals surface area (Å²) in [6.07, 6.45) is 4.22. The highest BCUT2D eigenvalue weighted by atomic mass is 16.2. The first kappa shape index (κ1) is 22.0. The van der Waals surface area contributed by atoms with Crippen molar-refractivity contribution in [2.45, 2.75) is 45.2 Å². The lowest BCUT2D eigenvalue weighted by Gasteiger charge is -2.41. The summed E-state index contributed by atoms with van der Waals surface area (Å²) in [5.41, 5.74) is 2.77. The minimum absolute atomic E-state index is 0.0338. The normalized spacial score (nSPS) is 16.1. The minimum atomic E-state index is -0.749. The van der Waals surface area contributed by atoms with Crippen LogP contribution in [0.3, 0.4) is 0 Å². The average Bonchev–Trinajstić information content (AvgIpc) is 3.64. The predicted octanol–water partition coefficient (Wildman–Crippen LogP) is 2.32. The van der Waals surface area contributed by atoms with Gasteiger partial charge in [0, 0.05) is 31.1 Å². The van der Waals surface area contributed by atoms with Crippen molar-refractivity contribution in [3.8, 4) is 0 Å². The Kier molecular flexibility index (Phi) is 6.23. The molecule has 1 saturated carbocycles. The van der Waals surface area contributed by atoms with Gasteiger partial charge in [-0.1, -0.05) is 24.3 Å². The van der Waals surface area contributed by atoms with Gasteiger partial charge in [0.25, 0.3) is 0 Å². The second-order valence-corrected chi connectivity index (χ2v) is 9.09. The topological polar surface area (TPSA) is 103 Å². The van der Waals surface area contributed by atoms with E-state index in [4.69, 9.17) is 0 Å². The molecule has 32 heavy (non-hydrogen) atoms. The third-order valence-corrected chi connectivity index (χ3v) is 6.10. The smallest absolute Gasteiger partial charge is 0.313 e. The number of carbonyl (C=O) groups excluding carboxylic acids is 3. The van der Waals surface area contributed by atoms with Gasteiger partial charge in [0.15, 0.2) is 0 Å². The van der Waals surface area contributed by atoms with E-state index in [1.165, 1.54) is 17.3 Å². The zero-order valence-corrected chi connectivity index (χ0v) is 18.5. The van der Waals surface area contributed by atoms with Crippen LogP contribution < -0.4 is 16.0 Å². The third-order valence-electron chi connectivity index (χ3n) is 6.10. The van der Waals surface area contributed by atoms with E-state index in [1.54, 1.807) is 12.1 Å². The number of aromatic nitrogens is 1. The highest BCUT2D eigenvalue weighted by Crippen LogP contribution is 2.30. The highest BCUT2D eigenvalue weighted by molar-refractivity contribution is 6.39. The fraction of sp³-hybridized carbons (Fsp3) is 0.417. The van der Waals surface area contributed by atoms with Crippen molar-refractivity contribution in [3.05, 3.63) is 53.7 Å². The zero-order valence-electron chi connectivity index (χ0n) is 18.5. The minimum Gasteiger partial charge on any atom is -0.346 e. The van der Waals surface area contributed by atoms with Crippen LogP contribution in [0.4, 0.5) is 11.5 Å². The lowest BCUT2D eigenvalue weighted by molar-refractivity contribution is -0.136. The fourth-order valence-electron chi connectivity index (χ4n) is 3.80. The number of amides is 3. The van der Waals surface area contributed by atoms with Gasteiger partial charge in [0.2, 0.25) is 5.91 Å². The van der Waals surface area contributed by atoms with Crippen molar-refractivity contribution < 1.29 is 14.4 Å². The number of anilines is 2. The summed E-state index contributed by atoms with van der Waals surface area (Å²) in [5.74, 6) is -0.963. The summed E-state index contributed by atoms with van der Waals surface area (Å²) in [6.45, 7) is 6.21. The molecular weight excluding hydrogens is 406 g/mol. The molecule has 0 unspecified atom stereocenters. The number of carbonyl (C=O) groups is 3. The van der Waals surface area contributed by atoms with Crippen molar-refractivity contribution in [3.63, 3.8) is 0 Å². The summed E-state index contributed by atoms with van der Waals surface area (Å²) in [4.78, 5) is 42.9. The number of rotatable bonds is 6. The van der Waals surface area contributed by atoms with Gasteiger partial charge >= 0.3 is 11.8 Å². The number of pyridine rings is 1. The first-order valence-electron chi connectivity index (χ1n) is 11.0. The molecule has 1 aliphatic heterocycles. The Balaban J connectivity index is 1.26. The molecule has 0 radical (unpaired) electrons. The first-order chi connectivity index (χ1) is 15.3. The summed E-state index contributed by atoms with van der Waals surface area (Å²) < 4.78 is 0. The van der Waals surface area contributed by atoms with E-state index in [9.17, 15) is 14.4 Å². The lowest BCUT2D eigenvalue weighted by Crippen LogP contribution is -2.54. The van der Waals surface area contributed by atoms with Gasteiger partial charge in [-0.15, -0.1) is 0 Å². The molecule has 2 heterocycles. The van der Waals surface area contributed by atoms with Crippen LogP contribution in [0.5, 0.6) is 0 Å². The molecule has 2 aliphatic rings. The zero-order chi connectivity index (χ0) is 22.7. The molecule has 168 valence electrons. The van der Waals surface area contributed by atoms with Gasteiger partial charge in [-0.25, -0.2) is 4.98 Å². The van der Waals surface area contributed by atoms with Gasteiger partial charge in [0.1, 0.15) is 5.82 Å². The van der Waals surface area contributed by atoms with Crippen LogP contribution in [0.1, 0.15) is 37.8 Å². The Hall–Kier alpha value is -3.26. The van der Waals surface area contributed by atoms with Crippen LogP contribution in [-0.4, -0.2) is 46.2 Å². The van der Waals surface area contributed by atoms with Gasteiger partial charge in [-0.3, -0.25) is 19.3 Å². The van der Waals surface area contributed by atoms with E-state index in [1.807, 2.05) is 6.07 Å². The maximum Gasteiger partial charge on any atom is 0.313 e. The molecule has 3 amide bonds. The summed E-state index contributed by atoms with van der Waals surface area (Å²) in [6, 6.07) is 11.6.